The lowest BCUT2D eigenvalue weighted by Crippen LogP contribution is -2.34. The van der Waals surface area contributed by atoms with Gasteiger partial charge in [0.1, 0.15) is 17.6 Å². The summed E-state index contributed by atoms with van der Waals surface area (Å²) in [7, 11) is 0. The molecule has 3 aromatic carbocycles. The summed E-state index contributed by atoms with van der Waals surface area (Å²) in [6.07, 6.45) is 1.43. The Labute approximate surface area is 178 Å². The van der Waals surface area contributed by atoms with Crippen molar-refractivity contribution < 1.29 is 19.1 Å². The Morgan fingerprint density at radius 2 is 1.71 bits per heavy atom. The normalized spacial score (nSPS) is 11.8. The number of hydrogen-bond donors (Lipinski definition) is 2. The third-order valence-electron chi connectivity index (χ3n) is 4.92. The molecule has 0 bridgehead atoms. The Morgan fingerprint density at radius 3 is 2.42 bits per heavy atom. The van der Waals surface area contributed by atoms with Crippen molar-refractivity contribution in [2.75, 3.05) is 13.2 Å². The molecule has 1 amide bonds. The van der Waals surface area contributed by atoms with Crippen LogP contribution >= 0.6 is 0 Å². The molecule has 156 valence electrons. The Bertz CT molecular complexity index is 1240. The van der Waals surface area contributed by atoms with Gasteiger partial charge >= 0.3 is 0 Å². The molecular formula is C25H21NO5. The molecular weight excluding hydrogens is 394 g/mol. The van der Waals surface area contributed by atoms with Gasteiger partial charge in [-0.25, -0.2) is 0 Å². The van der Waals surface area contributed by atoms with E-state index in [1.165, 1.54) is 6.26 Å². The van der Waals surface area contributed by atoms with Gasteiger partial charge in [0.05, 0.1) is 23.6 Å². The van der Waals surface area contributed by atoms with Crippen LogP contribution < -0.4 is 15.5 Å². The number of aliphatic hydroxyl groups is 1. The number of benzene rings is 3. The lowest BCUT2D eigenvalue weighted by Gasteiger charge is -2.17. The predicted molar refractivity (Wildman–Crippen MR) is 118 cm³/mol. The first-order valence-electron chi connectivity index (χ1n) is 9.84. The fourth-order valence-corrected chi connectivity index (χ4v) is 3.32. The van der Waals surface area contributed by atoms with Crippen LogP contribution in [0.4, 0.5) is 0 Å². The second kappa shape index (κ2) is 9.28. The molecule has 0 aliphatic carbocycles. The largest absolute Gasteiger partial charge is 0.484 e. The molecule has 0 saturated carbocycles. The number of rotatable bonds is 7. The maximum atomic E-state index is 12.8. The van der Waals surface area contributed by atoms with Crippen LogP contribution in [0.25, 0.3) is 22.1 Å². The molecule has 2 N–H and O–H groups in total. The molecule has 4 aromatic rings. The molecule has 6 nitrogen and oxygen atoms in total. The highest BCUT2D eigenvalue weighted by Crippen LogP contribution is 2.23. The fraction of sp³-hybridized carbons (Fsp3) is 0.120. The van der Waals surface area contributed by atoms with Crippen LogP contribution in [0.5, 0.6) is 5.75 Å². The smallest absolute Gasteiger partial charge is 0.258 e. The summed E-state index contributed by atoms with van der Waals surface area (Å²) < 4.78 is 11.2. The van der Waals surface area contributed by atoms with Crippen LogP contribution in [0.1, 0.15) is 11.6 Å². The number of fused-ring (bicyclic) bond motifs is 1. The minimum atomic E-state index is -0.511. The van der Waals surface area contributed by atoms with E-state index in [-0.39, 0.29) is 24.5 Å². The van der Waals surface area contributed by atoms with Crippen LogP contribution in [0.2, 0.25) is 0 Å². The minimum absolute atomic E-state index is 0.134. The van der Waals surface area contributed by atoms with Crippen LogP contribution in [-0.2, 0) is 4.79 Å². The second-order valence-electron chi connectivity index (χ2n) is 7.00. The number of carbonyl (C=O) groups excluding carboxylic acids is 1. The molecule has 0 fully saturated rings. The first kappa shape index (κ1) is 20.4. The summed E-state index contributed by atoms with van der Waals surface area (Å²) in [4.78, 5) is 25.1. The van der Waals surface area contributed by atoms with Gasteiger partial charge in [-0.15, -0.1) is 0 Å². The fourth-order valence-electron chi connectivity index (χ4n) is 3.32. The van der Waals surface area contributed by atoms with Crippen LogP contribution in [0, 0.1) is 0 Å². The van der Waals surface area contributed by atoms with Crippen molar-refractivity contribution in [2.24, 2.45) is 0 Å². The zero-order chi connectivity index (χ0) is 21.6. The van der Waals surface area contributed by atoms with Crippen LogP contribution in [0.15, 0.2) is 94.3 Å². The van der Waals surface area contributed by atoms with E-state index >= 15 is 0 Å². The quantitative estimate of drug-likeness (QED) is 0.481. The Kier molecular flexibility index (Phi) is 6.10. The van der Waals surface area contributed by atoms with Crippen molar-refractivity contribution in [3.8, 4) is 16.9 Å². The highest BCUT2D eigenvalue weighted by Gasteiger charge is 2.14. The van der Waals surface area contributed by atoms with E-state index in [9.17, 15) is 14.7 Å². The van der Waals surface area contributed by atoms with Gasteiger partial charge in [-0.05, 0) is 23.3 Å². The van der Waals surface area contributed by atoms with Crippen LogP contribution in [0.3, 0.4) is 0 Å². The van der Waals surface area contributed by atoms with Crippen molar-refractivity contribution in [1.82, 2.24) is 5.32 Å². The van der Waals surface area contributed by atoms with Crippen molar-refractivity contribution in [3.63, 3.8) is 0 Å². The average molecular weight is 415 g/mol. The molecule has 0 aliphatic heterocycles. The van der Waals surface area contributed by atoms with Gasteiger partial charge in [0.25, 0.3) is 5.91 Å². The average Bonchev–Trinajstić information content (AvgIpc) is 2.82. The summed E-state index contributed by atoms with van der Waals surface area (Å²) in [5, 5.41) is 12.7. The first-order valence-corrected chi connectivity index (χ1v) is 9.84. The Hall–Kier alpha value is -3.90. The Morgan fingerprint density at radius 1 is 1.00 bits per heavy atom. The molecule has 1 heterocycles. The van der Waals surface area contributed by atoms with E-state index in [1.807, 2.05) is 60.7 Å². The predicted octanol–water partition coefficient (Wildman–Crippen LogP) is 3.69. The highest BCUT2D eigenvalue weighted by molar-refractivity contribution is 5.83. The minimum Gasteiger partial charge on any atom is -0.484 e. The molecule has 0 unspecified atom stereocenters. The lowest BCUT2D eigenvalue weighted by atomic mass is 10.1. The monoisotopic (exact) mass is 415 g/mol. The number of aliphatic hydroxyl groups excluding tert-OH is 1. The lowest BCUT2D eigenvalue weighted by molar-refractivity contribution is -0.124. The number of nitrogens with one attached hydrogen (secondary N) is 1. The molecule has 1 atom stereocenters. The molecule has 6 heteroatoms. The summed E-state index contributed by atoms with van der Waals surface area (Å²) in [5.74, 6) is 0.0300. The molecule has 0 saturated heterocycles. The van der Waals surface area contributed by atoms with Gasteiger partial charge < -0.3 is 19.6 Å². The van der Waals surface area contributed by atoms with E-state index in [2.05, 4.69) is 5.32 Å². The highest BCUT2D eigenvalue weighted by atomic mass is 16.5. The van der Waals surface area contributed by atoms with E-state index in [4.69, 9.17) is 9.15 Å². The zero-order valence-corrected chi connectivity index (χ0v) is 16.7. The van der Waals surface area contributed by atoms with E-state index < -0.39 is 6.04 Å². The zero-order valence-electron chi connectivity index (χ0n) is 16.7. The van der Waals surface area contributed by atoms with Crippen molar-refractivity contribution >= 4 is 16.9 Å². The van der Waals surface area contributed by atoms with E-state index in [0.717, 1.165) is 11.1 Å². The van der Waals surface area contributed by atoms with Gasteiger partial charge in [-0.2, -0.15) is 0 Å². The summed E-state index contributed by atoms with van der Waals surface area (Å²) in [5.41, 5.74) is 2.31. The first-order chi connectivity index (χ1) is 15.2. The van der Waals surface area contributed by atoms with Gasteiger partial charge in [-0.1, -0.05) is 60.7 Å². The van der Waals surface area contributed by atoms with Crippen molar-refractivity contribution in [3.05, 3.63) is 101 Å². The van der Waals surface area contributed by atoms with Gasteiger partial charge in [0.2, 0.25) is 0 Å². The molecule has 0 radical (unpaired) electrons. The van der Waals surface area contributed by atoms with Gasteiger partial charge in [-0.3, -0.25) is 9.59 Å². The van der Waals surface area contributed by atoms with E-state index in [0.29, 0.717) is 22.3 Å². The van der Waals surface area contributed by atoms with Crippen LogP contribution in [-0.4, -0.2) is 24.2 Å². The second-order valence-corrected chi connectivity index (χ2v) is 7.00. The number of carbonyl (C=O) groups is 1. The third-order valence-corrected chi connectivity index (χ3v) is 4.92. The topological polar surface area (TPSA) is 88.8 Å². The number of ether oxygens (including phenoxy) is 1. The van der Waals surface area contributed by atoms with E-state index in [1.54, 1.807) is 18.2 Å². The maximum absolute atomic E-state index is 12.8. The molecule has 0 aliphatic rings. The number of amides is 1. The summed E-state index contributed by atoms with van der Waals surface area (Å²) >= 11 is 0. The Balaban J connectivity index is 1.45. The summed E-state index contributed by atoms with van der Waals surface area (Å²) in [6.45, 7) is -0.457. The standard InChI is InChI=1S/C25H21NO5/c27-14-22(18-9-5-2-6-10-18)26-24(28)16-30-19-11-12-20-23(13-19)31-15-21(25(20)29)17-7-3-1-4-8-17/h1-13,15,22,27H,14,16H2,(H,26,28)/t22-/m1/s1. The molecule has 31 heavy (non-hydrogen) atoms. The third kappa shape index (κ3) is 4.65. The molecule has 1 aromatic heterocycles. The molecule has 4 rings (SSSR count). The van der Waals surface area contributed by atoms with Crippen molar-refractivity contribution in [1.29, 1.82) is 0 Å². The van der Waals surface area contributed by atoms with Gasteiger partial charge in [0, 0.05) is 6.07 Å². The van der Waals surface area contributed by atoms with Crippen molar-refractivity contribution in [2.45, 2.75) is 6.04 Å². The maximum Gasteiger partial charge on any atom is 0.258 e. The van der Waals surface area contributed by atoms with Gasteiger partial charge in [0.15, 0.2) is 12.0 Å². The molecule has 0 spiro atoms. The SMILES string of the molecule is O=C(COc1ccc2c(=O)c(-c3ccccc3)coc2c1)N[C@H](CO)c1ccccc1. The summed E-state index contributed by atoms with van der Waals surface area (Å²) in [6, 6.07) is 22.8. The number of hydrogen-bond acceptors (Lipinski definition) is 5.